The number of amides is 2. The topological polar surface area (TPSA) is 53.9 Å². The third-order valence-electron chi connectivity index (χ3n) is 4.24. The SMILES string of the molecule is CCNC(=O)N(Cc1ccc(F)cc1)C[C@H]1CC(c2ccccc2F)=NO1. The molecule has 5 nitrogen and oxygen atoms in total. The smallest absolute Gasteiger partial charge is 0.317 e. The van der Waals surface area contributed by atoms with Crippen LogP contribution in [-0.4, -0.2) is 35.8 Å². The second-order valence-corrected chi connectivity index (χ2v) is 6.29. The maximum atomic E-state index is 13.9. The van der Waals surface area contributed by atoms with Crippen LogP contribution in [0.5, 0.6) is 0 Å². The molecular formula is C20H21F2N3O2. The van der Waals surface area contributed by atoms with Gasteiger partial charge in [-0.05, 0) is 30.7 Å². The Bertz CT molecular complexity index is 824. The lowest BCUT2D eigenvalue weighted by Gasteiger charge is -2.25. The molecule has 2 amide bonds. The number of nitrogens with one attached hydrogen (secondary N) is 1. The number of benzene rings is 2. The van der Waals surface area contributed by atoms with E-state index in [0.29, 0.717) is 30.8 Å². The highest BCUT2D eigenvalue weighted by molar-refractivity contribution is 6.01. The van der Waals surface area contributed by atoms with Gasteiger partial charge in [-0.3, -0.25) is 0 Å². The van der Waals surface area contributed by atoms with Gasteiger partial charge < -0.3 is 15.1 Å². The van der Waals surface area contributed by atoms with Crippen LogP contribution in [0.1, 0.15) is 24.5 Å². The van der Waals surface area contributed by atoms with Crippen LogP contribution in [0.4, 0.5) is 13.6 Å². The fourth-order valence-electron chi connectivity index (χ4n) is 2.92. The first-order valence-electron chi connectivity index (χ1n) is 8.81. The molecule has 1 atom stereocenters. The third-order valence-corrected chi connectivity index (χ3v) is 4.24. The van der Waals surface area contributed by atoms with Crippen molar-refractivity contribution >= 4 is 11.7 Å². The molecule has 0 fully saturated rings. The fourth-order valence-corrected chi connectivity index (χ4v) is 2.92. The van der Waals surface area contributed by atoms with Gasteiger partial charge in [0.15, 0.2) is 6.10 Å². The Hall–Kier alpha value is -2.96. The molecule has 1 aliphatic rings. The van der Waals surface area contributed by atoms with Crippen molar-refractivity contribution in [1.29, 1.82) is 0 Å². The Morgan fingerprint density at radius 2 is 1.96 bits per heavy atom. The van der Waals surface area contributed by atoms with Crippen molar-refractivity contribution in [3.8, 4) is 0 Å². The summed E-state index contributed by atoms with van der Waals surface area (Å²) in [5.74, 6) is -0.683. The molecule has 27 heavy (non-hydrogen) atoms. The fraction of sp³-hybridized carbons (Fsp3) is 0.300. The van der Waals surface area contributed by atoms with Crippen LogP contribution < -0.4 is 5.32 Å². The highest BCUT2D eigenvalue weighted by Gasteiger charge is 2.27. The Morgan fingerprint density at radius 1 is 1.22 bits per heavy atom. The maximum Gasteiger partial charge on any atom is 0.317 e. The molecule has 2 aromatic carbocycles. The lowest BCUT2D eigenvalue weighted by molar-refractivity contribution is 0.0590. The van der Waals surface area contributed by atoms with Crippen molar-refractivity contribution in [3.63, 3.8) is 0 Å². The zero-order valence-corrected chi connectivity index (χ0v) is 15.0. The normalized spacial score (nSPS) is 15.8. The molecule has 0 saturated carbocycles. The minimum atomic E-state index is -0.373. The number of halogens is 2. The van der Waals surface area contributed by atoms with E-state index in [9.17, 15) is 13.6 Å². The minimum Gasteiger partial charge on any atom is -0.390 e. The summed E-state index contributed by atoms with van der Waals surface area (Å²) in [6.07, 6.45) is 0.0305. The van der Waals surface area contributed by atoms with E-state index in [-0.39, 0.29) is 30.3 Å². The predicted molar refractivity (Wildman–Crippen MR) is 98.3 cm³/mol. The van der Waals surface area contributed by atoms with E-state index >= 15 is 0 Å². The number of hydrogen-bond donors (Lipinski definition) is 1. The van der Waals surface area contributed by atoms with E-state index in [4.69, 9.17) is 4.84 Å². The molecule has 0 aromatic heterocycles. The van der Waals surface area contributed by atoms with Gasteiger partial charge in [-0.2, -0.15) is 0 Å². The predicted octanol–water partition coefficient (Wildman–Crippen LogP) is 3.69. The first kappa shape index (κ1) is 18.8. The molecule has 1 aliphatic heterocycles. The average molecular weight is 373 g/mol. The number of nitrogens with zero attached hydrogens (tertiary/aromatic N) is 2. The molecule has 3 rings (SSSR count). The Morgan fingerprint density at radius 3 is 2.67 bits per heavy atom. The van der Waals surface area contributed by atoms with Crippen molar-refractivity contribution in [1.82, 2.24) is 10.2 Å². The molecule has 1 N–H and O–H groups in total. The zero-order valence-electron chi connectivity index (χ0n) is 15.0. The van der Waals surface area contributed by atoms with Crippen molar-refractivity contribution in [2.24, 2.45) is 5.16 Å². The summed E-state index contributed by atoms with van der Waals surface area (Å²) in [5, 5.41) is 6.76. The quantitative estimate of drug-likeness (QED) is 0.840. The largest absolute Gasteiger partial charge is 0.390 e. The van der Waals surface area contributed by atoms with Crippen LogP contribution in [0.25, 0.3) is 0 Å². The van der Waals surface area contributed by atoms with Gasteiger partial charge in [0.1, 0.15) is 11.6 Å². The van der Waals surface area contributed by atoms with Crippen molar-refractivity contribution in [2.75, 3.05) is 13.1 Å². The third kappa shape index (κ3) is 4.81. The summed E-state index contributed by atoms with van der Waals surface area (Å²) in [6, 6.07) is 12.1. The van der Waals surface area contributed by atoms with Gasteiger partial charge in [0.2, 0.25) is 0 Å². The van der Waals surface area contributed by atoms with E-state index in [1.165, 1.54) is 18.2 Å². The van der Waals surface area contributed by atoms with Crippen LogP contribution in [0, 0.1) is 11.6 Å². The van der Waals surface area contributed by atoms with Crippen LogP contribution in [0.15, 0.2) is 53.7 Å². The van der Waals surface area contributed by atoms with Gasteiger partial charge in [-0.15, -0.1) is 0 Å². The summed E-state index contributed by atoms with van der Waals surface area (Å²) in [7, 11) is 0. The Balaban J connectivity index is 1.67. The number of hydrogen-bond acceptors (Lipinski definition) is 3. The van der Waals surface area contributed by atoms with Crippen LogP contribution in [0.3, 0.4) is 0 Å². The summed E-state index contributed by atoms with van der Waals surface area (Å²) in [5.41, 5.74) is 1.73. The number of carbonyl (C=O) groups is 1. The molecule has 0 bridgehead atoms. The second kappa shape index (κ2) is 8.62. The van der Waals surface area contributed by atoms with E-state index in [1.54, 1.807) is 35.2 Å². The maximum absolute atomic E-state index is 13.9. The molecule has 0 radical (unpaired) electrons. The lowest BCUT2D eigenvalue weighted by atomic mass is 10.0. The van der Waals surface area contributed by atoms with Crippen LogP contribution in [-0.2, 0) is 11.4 Å². The number of carbonyl (C=O) groups excluding carboxylic acids is 1. The number of urea groups is 1. The lowest BCUT2D eigenvalue weighted by Crippen LogP contribution is -2.43. The van der Waals surface area contributed by atoms with Gasteiger partial charge in [-0.25, -0.2) is 13.6 Å². The molecule has 0 spiro atoms. The van der Waals surface area contributed by atoms with E-state index < -0.39 is 0 Å². The molecule has 0 saturated heterocycles. The molecule has 1 heterocycles. The molecule has 2 aromatic rings. The van der Waals surface area contributed by atoms with Gasteiger partial charge >= 0.3 is 6.03 Å². The Kier molecular flexibility index (Phi) is 6.01. The summed E-state index contributed by atoms with van der Waals surface area (Å²) in [6.45, 7) is 2.91. The van der Waals surface area contributed by atoms with Gasteiger partial charge in [0, 0.05) is 25.1 Å². The van der Waals surface area contributed by atoms with E-state index in [1.807, 2.05) is 6.92 Å². The molecule has 0 unspecified atom stereocenters. The Labute approximate surface area is 156 Å². The summed E-state index contributed by atoms with van der Waals surface area (Å²) >= 11 is 0. The van der Waals surface area contributed by atoms with Gasteiger partial charge in [-0.1, -0.05) is 35.5 Å². The standard InChI is InChI=1S/C20H21F2N3O2/c1-2-23-20(26)25(12-14-7-9-15(21)10-8-14)13-16-11-19(24-27-16)17-5-3-4-6-18(17)22/h3-10,16H,2,11-13H2,1H3,(H,23,26)/t16-/m1/s1. The first-order chi connectivity index (χ1) is 13.1. The van der Waals surface area contributed by atoms with E-state index in [2.05, 4.69) is 10.5 Å². The highest BCUT2D eigenvalue weighted by Crippen LogP contribution is 2.20. The zero-order chi connectivity index (χ0) is 19.2. The van der Waals surface area contributed by atoms with Crippen LogP contribution in [0.2, 0.25) is 0 Å². The van der Waals surface area contributed by atoms with Gasteiger partial charge in [0.25, 0.3) is 0 Å². The molecular weight excluding hydrogens is 352 g/mol. The second-order valence-electron chi connectivity index (χ2n) is 6.29. The van der Waals surface area contributed by atoms with Gasteiger partial charge in [0.05, 0.1) is 12.3 Å². The number of oxime groups is 1. The highest BCUT2D eigenvalue weighted by atomic mass is 19.1. The van der Waals surface area contributed by atoms with Crippen molar-refractivity contribution in [3.05, 3.63) is 71.3 Å². The van der Waals surface area contributed by atoms with Crippen molar-refractivity contribution < 1.29 is 18.4 Å². The molecule has 0 aliphatic carbocycles. The van der Waals surface area contributed by atoms with Crippen molar-refractivity contribution in [2.45, 2.75) is 26.0 Å². The van der Waals surface area contributed by atoms with E-state index in [0.717, 1.165) is 5.56 Å². The van der Waals surface area contributed by atoms with Crippen LogP contribution >= 0.6 is 0 Å². The minimum absolute atomic E-state index is 0.246. The first-order valence-corrected chi connectivity index (χ1v) is 8.81. The monoisotopic (exact) mass is 373 g/mol. The summed E-state index contributed by atoms with van der Waals surface area (Å²) < 4.78 is 27.0. The molecule has 7 heteroatoms. The average Bonchev–Trinajstić information content (AvgIpc) is 3.12. The molecule has 142 valence electrons. The summed E-state index contributed by atoms with van der Waals surface area (Å²) in [4.78, 5) is 19.4. The number of rotatable bonds is 6.